The van der Waals surface area contributed by atoms with Crippen molar-refractivity contribution in [2.75, 3.05) is 12.3 Å². The molecule has 9 nitrogen and oxygen atoms in total. The molecule has 0 spiro atoms. The van der Waals surface area contributed by atoms with Gasteiger partial charge in [-0.3, -0.25) is 9.89 Å². The van der Waals surface area contributed by atoms with Crippen LogP contribution in [0, 0.1) is 0 Å². The molecule has 0 saturated carbocycles. The van der Waals surface area contributed by atoms with Crippen LogP contribution in [-0.2, 0) is 11.3 Å². The largest absolute Gasteiger partial charge is 0.390 e. The van der Waals surface area contributed by atoms with Crippen LogP contribution in [-0.4, -0.2) is 53.2 Å². The molecular weight excluding hydrogens is 382 g/mol. The zero-order chi connectivity index (χ0) is 21.5. The number of pyridine rings is 1. The number of aliphatic hydroxyl groups is 1. The van der Waals surface area contributed by atoms with Crippen molar-refractivity contribution in [3.63, 3.8) is 0 Å². The molecule has 9 heteroatoms. The van der Waals surface area contributed by atoms with Crippen LogP contribution in [0.3, 0.4) is 0 Å². The number of aromatic amines is 2. The Morgan fingerprint density at radius 2 is 2.07 bits per heavy atom. The number of nitrogens with zero attached hydrogens (tertiary/aromatic N) is 4. The van der Waals surface area contributed by atoms with Gasteiger partial charge in [0, 0.05) is 23.7 Å². The summed E-state index contributed by atoms with van der Waals surface area (Å²) in [6.07, 6.45) is 1.81. The molecule has 30 heavy (non-hydrogen) atoms. The van der Waals surface area contributed by atoms with E-state index in [-0.39, 0.29) is 12.3 Å². The number of amides is 1. The van der Waals surface area contributed by atoms with Crippen molar-refractivity contribution >= 4 is 33.7 Å². The highest BCUT2D eigenvalue weighted by Crippen LogP contribution is 2.29. The molecule has 0 radical (unpaired) electrons. The summed E-state index contributed by atoms with van der Waals surface area (Å²) >= 11 is 0. The van der Waals surface area contributed by atoms with Crippen molar-refractivity contribution < 1.29 is 9.90 Å². The van der Waals surface area contributed by atoms with Crippen LogP contribution in [0.4, 0.5) is 5.82 Å². The van der Waals surface area contributed by atoms with Gasteiger partial charge in [-0.15, -0.1) is 0 Å². The molecule has 0 aliphatic carbocycles. The van der Waals surface area contributed by atoms with E-state index in [0.29, 0.717) is 30.2 Å². The van der Waals surface area contributed by atoms with Gasteiger partial charge in [-0.25, -0.2) is 9.97 Å². The van der Waals surface area contributed by atoms with Gasteiger partial charge in [0.05, 0.1) is 35.3 Å². The van der Waals surface area contributed by atoms with Crippen LogP contribution in [0.15, 0.2) is 30.5 Å². The van der Waals surface area contributed by atoms with E-state index in [4.69, 9.17) is 5.73 Å². The van der Waals surface area contributed by atoms with E-state index in [1.165, 1.54) is 0 Å². The van der Waals surface area contributed by atoms with Crippen molar-refractivity contribution in [1.29, 1.82) is 0 Å². The highest BCUT2D eigenvalue weighted by atomic mass is 16.3. The van der Waals surface area contributed by atoms with Crippen molar-refractivity contribution in [2.24, 2.45) is 0 Å². The molecule has 0 unspecified atom stereocenters. The Hall–Kier alpha value is -3.46. The number of aromatic nitrogens is 5. The minimum absolute atomic E-state index is 0.0453. The van der Waals surface area contributed by atoms with E-state index in [1.54, 1.807) is 24.9 Å². The fourth-order valence-corrected chi connectivity index (χ4v) is 3.52. The molecule has 3 aromatic heterocycles. The zero-order valence-corrected chi connectivity index (χ0v) is 17.2. The highest BCUT2D eigenvalue weighted by molar-refractivity contribution is 6.07. The SMILES string of the molecule is CCN(Cc1nc2c(N)nc3cc(-c4cc[nH]n4)ccc3c2[nH]1)C(=O)CC(C)(C)O. The van der Waals surface area contributed by atoms with E-state index < -0.39 is 5.60 Å². The molecule has 3 heterocycles. The number of H-pyrrole nitrogens is 2. The second-order valence-electron chi connectivity index (χ2n) is 7.99. The van der Waals surface area contributed by atoms with Crippen molar-refractivity contribution in [3.05, 3.63) is 36.3 Å². The first-order valence-corrected chi connectivity index (χ1v) is 9.83. The van der Waals surface area contributed by atoms with Crippen LogP contribution in [0.5, 0.6) is 0 Å². The second kappa shape index (κ2) is 7.42. The number of imidazole rings is 1. The maximum absolute atomic E-state index is 12.5. The summed E-state index contributed by atoms with van der Waals surface area (Å²) in [5, 5.41) is 17.9. The number of anilines is 1. The first-order valence-electron chi connectivity index (χ1n) is 9.83. The first-order chi connectivity index (χ1) is 14.2. The number of hydrogen-bond donors (Lipinski definition) is 4. The predicted molar refractivity (Wildman–Crippen MR) is 115 cm³/mol. The lowest BCUT2D eigenvalue weighted by molar-refractivity contribution is -0.135. The standard InChI is InChI=1S/C21H25N7O2/c1-4-28(17(29)10-21(2,3)30)11-16-25-18-13-6-5-12(14-7-8-23-27-14)9-15(13)24-20(22)19(18)26-16/h5-9,30H,4,10-11H2,1-3H3,(H2,22,24)(H,23,27)(H,25,26). The Balaban J connectivity index is 1.70. The van der Waals surface area contributed by atoms with E-state index in [1.807, 2.05) is 31.2 Å². The van der Waals surface area contributed by atoms with E-state index in [9.17, 15) is 9.90 Å². The molecule has 1 aromatic carbocycles. The molecule has 0 aliphatic heterocycles. The van der Waals surface area contributed by atoms with Gasteiger partial charge in [0.25, 0.3) is 0 Å². The normalized spacial score (nSPS) is 12.0. The number of hydrogen-bond acceptors (Lipinski definition) is 6. The third-order valence-corrected chi connectivity index (χ3v) is 4.96. The smallest absolute Gasteiger partial charge is 0.225 e. The fraction of sp³-hybridized carbons (Fsp3) is 0.333. The molecule has 1 amide bonds. The Morgan fingerprint density at radius 1 is 1.27 bits per heavy atom. The molecule has 0 saturated heterocycles. The molecule has 156 valence electrons. The number of nitrogen functional groups attached to an aromatic ring is 1. The number of rotatable bonds is 6. The minimum Gasteiger partial charge on any atom is -0.390 e. The van der Waals surface area contributed by atoms with Gasteiger partial charge in [0.15, 0.2) is 5.82 Å². The van der Waals surface area contributed by atoms with Gasteiger partial charge in [-0.1, -0.05) is 6.07 Å². The van der Waals surface area contributed by atoms with Crippen molar-refractivity contribution in [2.45, 2.75) is 39.3 Å². The predicted octanol–water partition coefficient (Wildman–Crippen LogP) is 2.59. The monoisotopic (exact) mass is 407 g/mol. The maximum atomic E-state index is 12.5. The summed E-state index contributed by atoms with van der Waals surface area (Å²) in [5.41, 5.74) is 8.98. The third-order valence-electron chi connectivity index (χ3n) is 4.96. The zero-order valence-electron chi connectivity index (χ0n) is 17.2. The van der Waals surface area contributed by atoms with Crippen LogP contribution in [0.25, 0.3) is 33.2 Å². The Labute approximate surface area is 173 Å². The van der Waals surface area contributed by atoms with Gasteiger partial charge in [-0.05, 0) is 39.0 Å². The van der Waals surface area contributed by atoms with Gasteiger partial charge in [0.1, 0.15) is 11.3 Å². The summed E-state index contributed by atoms with van der Waals surface area (Å²) in [4.78, 5) is 26.6. The third kappa shape index (κ3) is 3.84. The molecule has 0 bridgehead atoms. The molecule has 4 aromatic rings. The summed E-state index contributed by atoms with van der Waals surface area (Å²) in [6.45, 7) is 5.94. The average Bonchev–Trinajstić information content (AvgIpc) is 3.34. The van der Waals surface area contributed by atoms with Crippen LogP contribution in [0.1, 0.15) is 33.0 Å². The molecule has 4 rings (SSSR count). The lowest BCUT2D eigenvalue weighted by Crippen LogP contribution is -2.36. The lowest BCUT2D eigenvalue weighted by atomic mass is 10.0. The second-order valence-corrected chi connectivity index (χ2v) is 7.99. The number of fused-ring (bicyclic) bond motifs is 3. The lowest BCUT2D eigenvalue weighted by Gasteiger charge is -2.24. The topological polar surface area (TPSA) is 137 Å². The van der Waals surface area contributed by atoms with E-state index in [0.717, 1.165) is 27.7 Å². The van der Waals surface area contributed by atoms with Crippen molar-refractivity contribution in [1.82, 2.24) is 30.0 Å². The van der Waals surface area contributed by atoms with E-state index >= 15 is 0 Å². The van der Waals surface area contributed by atoms with Gasteiger partial charge in [-0.2, -0.15) is 5.10 Å². The van der Waals surface area contributed by atoms with E-state index in [2.05, 4.69) is 25.1 Å². The molecule has 0 fully saturated rings. The van der Waals surface area contributed by atoms with Crippen LogP contribution >= 0.6 is 0 Å². The molecule has 5 N–H and O–H groups in total. The molecular formula is C21H25N7O2. The summed E-state index contributed by atoms with van der Waals surface area (Å²) in [6, 6.07) is 7.77. The van der Waals surface area contributed by atoms with Crippen LogP contribution in [0.2, 0.25) is 0 Å². The summed E-state index contributed by atoms with van der Waals surface area (Å²) < 4.78 is 0. The average molecular weight is 407 g/mol. The number of nitrogens with two attached hydrogens (primary N) is 1. The van der Waals surface area contributed by atoms with Crippen LogP contribution < -0.4 is 5.73 Å². The molecule has 0 aliphatic rings. The molecule has 0 atom stereocenters. The van der Waals surface area contributed by atoms with Crippen molar-refractivity contribution in [3.8, 4) is 11.3 Å². The quantitative estimate of drug-likeness (QED) is 0.388. The summed E-state index contributed by atoms with van der Waals surface area (Å²) in [5.74, 6) is 0.809. The number of carbonyl (C=O) groups excluding carboxylic acids is 1. The number of carbonyl (C=O) groups is 1. The minimum atomic E-state index is -1.06. The highest BCUT2D eigenvalue weighted by Gasteiger charge is 2.23. The number of benzene rings is 1. The van der Waals surface area contributed by atoms with Gasteiger partial charge in [0.2, 0.25) is 5.91 Å². The van der Waals surface area contributed by atoms with Gasteiger partial charge >= 0.3 is 0 Å². The Kier molecular flexibility index (Phi) is 4.90. The summed E-state index contributed by atoms with van der Waals surface area (Å²) in [7, 11) is 0. The van der Waals surface area contributed by atoms with Gasteiger partial charge < -0.3 is 20.7 Å². The first kappa shape index (κ1) is 19.8. The Bertz CT molecular complexity index is 1210. The Morgan fingerprint density at radius 3 is 2.73 bits per heavy atom. The fourth-order valence-electron chi connectivity index (χ4n) is 3.52. The maximum Gasteiger partial charge on any atom is 0.225 e. The number of nitrogens with one attached hydrogen (secondary N) is 2.